The lowest BCUT2D eigenvalue weighted by atomic mass is 10.2. The van der Waals surface area contributed by atoms with Gasteiger partial charge in [-0.15, -0.1) is 0 Å². The molecule has 22 heavy (non-hydrogen) atoms. The van der Waals surface area contributed by atoms with Gasteiger partial charge in [0.05, 0.1) is 12.3 Å². The number of rotatable bonds is 5. The summed E-state index contributed by atoms with van der Waals surface area (Å²) in [4.78, 5) is 13.8. The Kier molecular flexibility index (Phi) is 4.98. The van der Waals surface area contributed by atoms with Gasteiger partial charge in [-0.1, -0.05) is 12.1 Å². The van der Waals surface area contributed by atoms with E-state index in [2.05, 4.69) is 31.9 Å². The zero-order chi connectivity index (χ0) is 15.2. The van der Waals surface area contributed by atoms with Gasteiger partial charge in [0.2, 0.25) is 0 Å². The largest absolute Gasteiger partial charge is 0.383 e. The van der Waals surface area contributed by atoms with E-state index >= 15 is 0 Å². The Labute approximate surface area is 131 Å². The Morgan fingerprint density at radius 1 is 1.09 bits per heavy atom. The summed E-state index contributed by atoms with van der Waals surface area (Å²) in [6.45, 7) is 5.32. The van der Waals surface area contributed by atoms with Gasteiger partial charge in [-0.25, -0.2) is 4.98 Å². The third-order valence-electron chi connectivity index (χ3n) is 3.92. The Bertz CT molecular complexity index is 590. The SMILES string of the molecule is COCCN1CCN(Cc2ccccn2)Cc2cccnc21. The highest BCUT2D eigenvalue weighted by atomic mass is 16.5. The van der Waals surface area contributed by atoms with Crippen LogP contribution in [0.25, 0.3) is 0 Å². The van der Waals surface area contributed by atoms with Crippen LogP contribution in [0.15, 0.2) is 42.7 Å². The molecule has 2 aromatic heterocycles. The van der Waals surface area contributed by atoms with Crippen LogP contribution < -0.4 is 4.90 Å². The van der Waals surface area contributed by atoms with Crippen molar-refractivity contribution in [3.8, 4) is 0 Å². The summed E-state index contributed by atoms with van der Waals surface area (Å²) >= 11 is 0. The molecular weight excluding hydrogens is 276 g/mol. The molecule has 0 amide bonds. The zero-order valence-electron chi connectivity index (χ0n) is 13.0. The lowest BCUT2D eigenvalue weighted by molar-refractivity contribution is 0.203. The van der Waals surface area contributed by atoms with Gasteiger partial charge in [0, 0.05) is 57.8 Å². The Morgan fingerprint density at radius 3 is 2.82 bits per heavy atom. The molecule has 3 rings (SSSR count). The van der Waals surface area contributed by atoms with Crippen molar-refractivity contribution in [3.63, 3.8) is 0 Å². The van der Waals surface area contributed by atoms with Crippen molar-refractivity contribution in [2.75, 3.05) is 38.3 Å². The van der Waals surface area contributed by atoms with Crippen molar-refractivity contribution in [2.24, 2.45) is 0 Å². The van der Waals surface area contributed by atoms with E-state index in [0.717, 1.165) is 50.8 Å². The van der Waals surface area contributed by atoms with Gasteiger partial charge in [-0.3, -0.25) is 9.88 Å². The zero-order valence-corrected chi connectivity index (χ0v) is 13.0. The summed E-state index contributed by atoms with van der Waals surface area (Å²) in [6.07, 6.45) is 3.72. The molecule has 0 spiro atoms. The van der Waals surface area contributed by atoms with Crippen LogP contribution >= 0.6 is 0 Å². The summed E-state index contributed by atoms with van der Waals surface area (Å²) in [6, 6.07) is 10.3. The van der Waals surface area contributed by atoms with Crippen LogP contribution in [0.4, 0.5) is 5.82 Å². The van der Waals surface area contributed by atoms with E-state index in [0.29, 0.717) is 0 Å². The van der Waals surface area contributed by atoms with E-state index in [-0.39, 0.29) is 0 Å². The quantitative estimate of drug-likeness (QED) is 0.844. The van der Waals surface area contributed by atoms with Crippen LogP contribution in [0.1, 0.15) is 11.3 Å². The van der Waals surface area contributed by atoms with E-state index in [1.165, 1.54) is 5.56 Å². The fourth-order valence-corrected chi connectivity index (χ4v) is 2.80. The second-order valence-corrected chi connectivity index (χ2v) is 5.50. The molecule has 0 aliphatic carbocycles. The van der Waals surface area contributed by atoms with Crippen molar-refractivity contribution >= 4 is 5.82 Å². The van der Waals surface area contributed by atoms with Crippen molar-refractivity contribution in [3.05, 3.63) is 54.0 Å². The van der Waals surface area contributed by atoms with Crippen LogP contribution in [0.2, 0.25) is 0 Å². The third kappa shape index (κ3) is 3.61. The number of anilines is 1. The molecule has 0 aromatic carbocycles. The maximum atomic E-state index is 5.23. The molecule has 1 aliphatic heterocycles. The van der Waals surface area contributed by atoms with Crippen molar-refractivity contribution in [2.45, 2.75) is 13.1 Å². The van der Waals surface area contributed by atoms with Crippen molar-refractivity contribution < 1.29 is 4.74 Å². The third-order valence-corrected chi connectivity index (χ3v) is 3.92. The maximum Gasteiger partial charge on any atom is 0.133 e. The minimum Gasteiger partial charge on any atom is -0.383 e. The summed E-state index contributed by atoms with van der Waals surface area (Å²) in [5.74, 6) is 1.09. The summed E-state index contributed by atoms with van der Waals surface area (Å²) in [5.41, 5.74) is 2.38. The van der Waals surface area contributed by atoms with Crippen LogP contribution in [0.3, 0.4) is 0 Å². The van der Waals surface area contributed by atoms with E-state index in [1.807, 2.05) is 30.6 Å². The highest BCUT2D eigenvalue weighted by Gasteiger charge is 2.20. The monoisotopic (exact) mass is 298 g/mol. The van der Waals surface area contributed by atoms with Gasteiger partial charge >= 0.3 is 0 Å². The van der Waals surface area contributed by atoms with Gasteiger partial charge < -0.3 is 9.64 Å². The summed E-state index contributed by atoms with van der Waals surface area (Å²) in [7, 11) is 1.74. The van der Waals surface area contributed by atoms with Crippen LogP contribution in [-0.4, -0.2) is 48.2 Å². The molecule has 1 aliphatic rings. The second kappa shape index (κ2) is 7.33. The molecule has 2 aromatic rings. The van der Waals surface area contributed by atoms with Crippen LogP contribution in [0, 0.1) is 0 Å². The lowest BCUT2D eigenvalue weighted by Gasteiger charge is -2.23. The molecule has 0 bridgehead atoms. The number of nitrogens with zero attached hydrogens (tertiary/aromatic N) is 4. The highest BCUT2D eigenvalue weighted by molar-refractivity contribution is 5.47. The molecular formula is C17H22N4O. The van der Waals surface area contributed by atoms with E-state index in [4.69, 9.17) is 4.74 Å². The Hall–Kier alpha value is -1.98. The van der Waals surface area contributed by atoms with Crippen molar-refractivity contribution in [1.29, 1.82) is 0 Å². The van der Waals surface area contributed by atoms with E-state index in [9.17, 15) is 0 Å². The first-order chi connectivity index (χ1) is 10.9. The average molecular weight is 298 g/mol. The number of hydrogen-bond donors (Lipinski definition) is 0. The van der Waals surface area contributed by atoms with Gasteiger partial charge in [-0.2, -0.15) is 0 Å². The molecule has 5 nitrogen and oxygen atoms in total. The summed E-state index contributed by atoms with van der Waals surface area (Å²) < 4.78 is 5.23. The van der Waals surface area contributed by atoms with E-state index < -0.39 is 0 Å². The van der Waals surface area contributed by atoms with Crippen molar-refractivity contribution in [1.82, 2.24) is 14.9 Å². The molecule has 0 N–H and O–H groups in total. The number of pyridine rings is 2. The van der Waals surface area contributed by atoms with Crippen LogP contribution in [-0.2, 0) is 17.8 Å². The fourth-order valence-electron chi connectivity index (χ4n) is 2.80. The molecule has 0 atom stereocenters. The minimum absolute atomic E-state index is 0.719. The first-order valence-corrected chi connectivity index (χ1v) is 7.67. The van der Waals surface area contributed by atoms with Gasteiger partial charge in [0.1, 0.15) is 5.82 Å². The standard InChI is InChI=1S/C17H22N4O/c1-22-12-11-21-10-9-20(14-16-6-2-3-7-18-16)13-15-5-4-8-19-17(15)21/h2-8H,9-14H2,1H3. The van der Waals surface area contributed by atoms with Gasteiger partial charge in [-0.05, 0) is 18.2 Å². The number of aromatic nitrogens is 2. The van der Waals surface area contributed by atoms with E-state index in [1.54, 1.807) is 7.11 Å². The fraction of sp³-hybridized carbons (Fsp3) is 0.412. The maximum absolute atomic E-state index is 5.23. The number of methoxy groups -OCH3 is 1. The number of ether oxygens (including phenoxy) is 1. The number of fused-ring (bicyclic) bond motifs is 1. The van der Waals surface area contributed by atoms with Gasteiger partial charge in [0.15, 0.2) is 0 Å². The molecule has 116 valence electrons. The molecule has 0 saturated heterocycles. The molecule has 0 fully saturated rings. The summed E-state index contributed by atoms with van der Waals surface area (Å²) in [5, 5.41) is 0. The molecule has 0 unspecified atom stereocenters. The molecule has 3 heterocycles. The van der Waals surface area contributed by atoms with Crippen LogP contribution in [0.5, 0.6) is 0 Å². The number of hydrogen-bond acceptors (Lipinski definition) is 5. The predicted molar refractivity (Wildman–Crippen MR) is 86.7 cm³/mol. The smallest absolute Gasteiger partial charge is 0.133 e. The Morgan fingerprint density at radius 2 is 2.00 bits per heavy atom. The first-order valence-electron chi connectivity index (χ1n) is 7.67. The normalized spacial score (nSPS) is 15.4. The minimum atomic E-state index is 0.719. The molecule has 0 saturated carbocycles. The average Bonchev–Trinajstić information content (AvgIpc) is 2.73. The first kappa shape index (κ1) is 14.9. The predicted octanol–water partition coefficient (Wildman–Crippen LogP) is 1.95. The topological polar surface area (TPSA) is 41.5 Å². The highest BCUT2D eigenvalue weighted by Crippen LogP contribution is 2.22. The molecule has 0 radical (unpaired) electrons. The second-order valence-electron chi connectivity index (χ2n) is 5.50. The Balaban J connectivity index is 1.76. The van der Waals surface area contributed by atoms with Gasteiger partial charge in [0.25, 0.3) is 0 Å². The molecule has 5 heteroatoms. The lowest BCUT2D eigenvalue weighted by Crippen LogP contribution is -2.33.